The summed E-state index contributed by atoms with van der Waals surface area (Å²) in [5, 5.41) is 0. The average Bonchev–Trinajstić information content (AvgIpc) is 3.66. The first kappa shape index (κ1) is 38.1. The normalized spacial score (nSPS) is 12.8. The third kappa shape index (κ3) is 6.88. The molecule has 0 saturated carbocycles. The van der Waals surface area contributed by atoms with E-state index in [0.29, 0.717) is 6.67 Å². The lowest BCUT2D eigenvalue weighted by Gasteiger charge is -2.30. The molecule has 9 aromatic rings. The Kier molecular flexibility index (Phi) is 9.39. The monoisotopic (exact) mass is 814 g/mol. The van der Waals surface area contributed by atoms with Crippen molar-refractivity contribution in [3.05, 3.63) is 218 Å². The van der Waals surface area contributed by atoms with Crippen LogP contribution in [0.2, 0.25) is 0 Å². The van der Waals surface area contributed by atoms with Crippen LogP contribution in [-0.4, -0.2) is 11.7 Å². The van der Waals surface area contributed by atoms with Gasteiger partial charge in [0.1, 0.15) is 24.0 Å². The van der Waals surface area contributed by atoms with Gasteiger partial charge in [-0.05, 0) is 100.0 Å². The van der Waals surface area contributed by atoms with E-state index in [1.165, 1.54) is 44.6 Å². The van der Waals surface area contributed by atoms with Gasteiger partial charge in [0, 0.05) is 46.3 Å². The Hall–Kier alpha value is -7.89. The number of nitrogens with zero attached hydrogens (tertiary/aromatic N) is 4. The van der Waals surface area contributed by atoms with Gasteiger partial charge in [0.05, 0.1) is 28.4 Å². The summed E-state index contributed by atoms with van der Waals surface area (Å²) in [6.45, 7) is 7.52. The van der Waals surface area contributed by atoms with Crippen molar-refractivity contribution in [1.29, 1.82) is 0 Å². The highest BCUT2D eigenvalue weighted by atomic mass is 16.5. The number of aromatic nitrogens is 1. The van der Waals surface area contributed by atoms with E-state index in [1.54, 1.807) is 0 Å². The lowest BCUT2D eigenvalue weighted by Crippen LogP contribution is -2.25. The van der Waals surface area contributed by atoms with Crippen LogP contribution in [0.1, 0.15) is 26.3 Å². The Morgan fingerprint density at radius 2 is 0.984 bits per heavy atom. The molecule has 3 heterocycles. The minimum Gasteiger partial charge on any atom is -0.457 e. The second kappa shape index (κ2) is 15.5. The van der Waals surface area contributed by atoms with E-state index in [-0.39, 0.29) is 5.41 Å². The molecule has 0 unspecified atom stereocenters. The maximum absolute atomic E-state index is 6.86. The predicted octanol–water partition coefficient (Wildman–Crippen LogP) is 15.9. The number of para-hydroxylation sites is 3. The van der Waals surface area contributed by atoms with Crippen molar-refractivity contribution in [3.8, 4) is 56.0 Å². The quantitative estimate of drug-likeness (QED) is 0.160. The molecule has 2 aliphatic heterocycles. The van der Waals surface area contributed by atoms with Crippen molar-refractivity contribution >= 4 is 39.9 Å². The molecule has 0 atom stereocenters. The SMILES string of the molecule is CC(C)(C)c1cc(-c2ccccc2)c(N2CN(c3cccc(Oc4ccc5c(c4)N(c4ccccn4)c4ccccc4-c4ccccc4-5)c3)c3ccccc32)c(-c2ccccc2)c1. The van der Waals surface area contributed by atoms with E-state index < -0.39 is 0 Å². The number of hydrogen-bond donors (Lipinski definition) is 0. The number of fused-ring (bicyclic) bond motifs is 6. The Labute approximate surface area is 369 Å². The molecule has 5 nitrogen and oxygen atoms in total. The number of benzene rings is 8. The average molecular weight is 815 g/mol. The fourth-order valence-corrected chi connectivity index (χ4v) is 9.21. The van der Waals surface area contributed by atoms with Crippen LogP contribution < -0.4 is 19.4 Å². The Bertz CT molecular complexity index is 3060. The first-order valence-corrected chi connectivity index (χ1v) is 21.6. The molecular weight excluding hydrogens is 769 g/mol. The van der Waals surface area contributed by atoms with Crippen molar-refractivity contribution in [2.24, 2.45) is 0 Å². The third-order valence-electron chi connectivity index (χ3n) is 12.3. The van der Waals surface area contributed by atoms with Crippen LogP contribution >= 0.6 is 0 Å². The Morgan fingerprint density at radius 3 is 1.62 bits per heavy atom. The summed E-state index contributed by atoms with van der Waals surface area (Å²) in [7, 11) is 0. The topological polar surface area (TPSA) is 31.8 Å². The molecule has 0 aliphatic carbocycles. The number of rotatable bonds is 7. The molecule has 63 heavy (non-hydrogen) atoms. The highest BCUT2D eigenvalue weighted by Crippen LogP contribution is 2.53. The van der Waals surface area contributed by atoms with Crippen molar-refractivity contribution in [1.82, 2.24) is 4.98 Å². The molecule has 11 rings (SSSR count). The van der Waals surface area contributed by atoms with Crippen LogP contribution in [0, 0.1) is 0 Å². The third-order valence-corrected chi connectivity index (χ3v) is 12.3. The molecule has 0 N–H and O–H groups in total. The molecule has 5 heteroatoms. The van der Waals surface area contributed by atoms with Gasteiger partial charge in [-0.25, -0.2) is 4.98 Å². The van der Waals surface area contributed by atoms with Gasteiger partial charge in [-0.1, -0.05) is 148 Å². The van der Waals surface area contributed by atoms with E-state index in [0.717, 1.165) is 56.9 Å². The zero-order chi connectivity index (χ0) is 42.5. The summed E-state index contributed by atoms with van der Waals surface area (Å²) in [6, 6.07) is 73.4. The Morgan fingerprint density at radius 1 is 0.429 bits per heavy atom. The van der Waals surface area contributed by atoms with Crippen LogP contribution in [0.5, 0.6) is 11.5 Å². The van der Waals surface area contributed by atoms with Crippen molar-refractivity contribution < 1.29 is 4.74 Å². The summed E-state index contributed by atoms with van der Waals surface area (Å²) < 4.78 is 6.86. The zero-order valence-electron chi connectivity index (χ0n) is 35.6. The maximum Gasteiger partial charge on any atom is 0.137 e. The van der Waals surface area contributed by atoms with Crippen molar-refractivity contribution in [3.63, 3.8) is 0 Å². The molecule has 2 aliphatic rings. The van der Waals surface area contributed by atoms with Gasteiger partial charge in [0.25, 0.3) is 0 Å². The first-order chi connectivity index (χ1) is 30.9. The first-order valence-electron chi connectivity index (χ1n) is 21.6. The molecule has 0 radical (unpaired) electrons. The van der Waals surface area contributed by atoms with E-state index in [9.17, 15) is 0 Å². The highest BCUT2D eigenvalue weighted by Gasteiger charge is 2.33. The van der Waals surface area contributed by atoms with Crippen LogP contribution in [0.3, 0.4) is 0 Å². The molecule has 0 spiro atoms. The molecule has 1 aromatic heterocycles. The second-order valence-electron chi connectivity index (χ2n) is 17.3. The van der Waals surface area contributed by atoms with Crippen molar-refractivity contribution in [2.75, 3.05) is 21.4 Å². The summed E-state index contributed by atoms with van der Waals surface area (Å²) in [5.41, 5.74) is 17.3. The number of anilines is 7. The highest BCUT2D eigenvalue weighted by molar-refractivity contribution is 6.03. The van der Waals surface area contributed by atoms with E-state index >= 15 is 0 Å². The Balaban J connectivity index is 0.999. The van der Waals surface area contributed by atoms with Gasteiger partial charge in [-0.15, -0.1) is 0 Å². The lowest BCUT2D eigenvalue weighted by molar-refractivity contribution is 0.483. The van der Waals surface area contributed by atoms with Gasteiger partial charge in [-0.2, -0.15) is 0 Å². The van der Waals surface area contributed by atoms with Crippen LogP contribution in [0.15, 0.2) is 212 Å². The molecule has 304 valence electrons. The maximum atomic E-state index is 6.86. The smallest absolute Gasteiger partial charge is 0.137 e. The fraction of sp³-hybridized carbons (Fsp3) is 0.0862. The minimum atomic E-state index is -0.0516. The van der Waals surface area contributed by atoms with Crippen molar-refractivity contribution in [2.45, 2.75) is 26.2 Å². The summed E-state index contributed by atoms with van der Waals surface area (Å²) in [5.74, 6) is 2.34. The van der Waals surface area contributed by atoms with E-state index in [2.05, 4.69) is 224 Å². The van der Waals surface area contributed by atoms with Gasteiger partial charge >= 0.3 is 0 Å². The van der Waals surface area contributed by atoms with Gasteiger partial charge in [0.15, 0.2) is 0 Å². The van der Waals surface area contributed by atoms with Gasteiger partial charge < -0.3 is 14.5 Å². The molecular formula is C58H46N4O. The van der Waals surface area contributed by atoms with E-state index in [4.69, 9.17) is 9.72 Å². The molecule has 8 aromatic carbocycles. The largest absolute Gasteiger partial charge is 0.457 e. The number of pyridine rings is 1. The standard InChI is InChI=1S/C58H46N4O/c1-58(2,3)42-35-50(40-19-6-4-7-20-40)57(51(36-42)41-21-8-5-9-22-41)61-39-60(53-29-14-15-30-54(53)61)43-23-18-24-44(37-43)63-45-32-33-49-47-26-11-10-25-46(47)48-27-12-13-28-52(48)62(55(49)38-45)56-31-16-17-34-59-56/h4-38H,39H2,1-3H3. The number of hydrogen-bond acceptors (Lipinski definition) is 5. The second-order valence-corrected chi connectivity index (χ2v) is 17.3. The fourth-order valence-electron chi connectivity index (χ4n) is 9.21. The summed E-state index contributed by atoms with van der Waals surface area (Å²) in [6.07, 6.45) is 1.85. The van der Waals surface area contributed by atoms with Crippen LogP contribution in [0.4, 0.5) is 39.9 Å². The van der Waals surface area contributed by atoms with Crippen LogP contribution in [0.25, 0.3) is 44.5 Å². The summed E-state index contributed by atoms with van der Waals surface area (Å²) >= 11 is 0. The molecule has 0 fully saturated rings. The zero-order valence-corrected chi connectivity index (χ0v) is 35.6. The lowest BCUT2D eigenvalue weighted by atomic mass is 9.82. The predicted molar refractivity (Wildman–Crippen MR) is 261 cm³/mol. The molecule has 0 amide bonds. The number of ether oxygens (including phenoxy) is 1. The van der Waals surface area contributed by atoms with E-state index in [1.807, 2.05) is 24.4 Å². The van der Waals surface area contributed by atoms with Gasteiger partial charge in [-0.3, -0.25) is 4.90 Å². The van der Waals surface area contributed by atoms with Crippen LogP contribution in [-0.2, 0) is 5.41 Å². The molecule has 0 saturated heterocycles. The molecule has 0 bridgehead atoms. The summed E-state index contributed by atoms with van der Waals surface area (Å²) in [4.78, 5) is 12.0. The minimum absolute atomic E-state index is 0.0516. The van der Waals surface area contributed by atoms with Gasteiger partial charge in [0.2, 0.25) is 0 Å².